The number of nitrogens with one attached hydrogen (secondary N) is 2. The highest BCUT2D eigenvalue weighted by atomic mass is 32.2. The number of nitrogens with two attached hydrogens (primary N) is 1. The van der Waals surface area contributed by atoms with Crippen LogP contribution in [-0.2, 0) is 51.8 Å². The number of fused-ring (bicyclic) bond motifs is 1. The van der Waals surface area contributed by atoms with Gasteiger partial charge in [0.05, 0.1) is 13.2 Å². The molecule has 7 atom stereocenters. The number of nitrogen functional groups attached to an aromatic ring is 1. The van der Waals surface area contributed by atoms with Gasteiger partial charge in [0.25, 0.3) is 5.91 Å². The molecule has 3 heterocycles. The predicted molar refractivity (Wildman–Crippen MR) is 188 cm³/mol. The van der Waals surface area contributed by atoms with Crippen LogP contribution in [0.15, 0.2) is 12.7 Å². The molecule has 2 aromatic heterocycles. The van der Waals surface area contributed by atoms with Crippen molar-refractivity contribution in [3.63, 3.8) is 0 Å². The molecule has 0 aromatic carbocycles. The normalized spacial score (nSPS) is 23.5. The fourth-order valence-electron chi connectivity index (χ4n) is 4.81. The maximum absolute atomic E-state index is 12.7. The van der Waals surface area contributed by atoms with Gasteiger partial charge in [0, 0.05) is 30.7 Å². The van der Waals surface area contributed by atoms with Crippen LogP contribution in [0.25, 0.3) is 11.2 Å². The SMILES string of the molecule is CCCCCSCCNC(=O)CCNC(=O)[C@H](O)C(C)(C)COP(=O)(O)OP(=O)(O)OC[C@H]1O[C@@](O)(n2cnc3c(N)ncnc32)[C@H](O)[C@@H]1OP(=O)(O)O. The van der Waals surface area contributed by atoms with Crippen molar-refractivity contribution in [2.24, 2.45) is 5.41 Å². The maximum atomic E-state index is 12.7. The Kier molecular flexibility index (Phi) is 16.6. The van der Waals surface area contributed by atoms with E-state index in [0.717, 1.165) is 43.4 Å². The molecule has 0 radical (unpaired) electrons. The van der Waals surface area contributed by atoms with Crippen molar-refractivity contribution < 1.29 is 80.8 Å². The Morgan fingerprint density at radius 3 is 2.43 bits per heavy atom. The monoisotopic (exact) mass is 853 g/mol. The molecule has 1 saturated heterocycles. The number of imidazole rings is 1. The molecule has 28 heteroatoms. The third-order valence-electron chi connectivity index (χ3n) is 7.66. The minimum Gasteiger partial charge on any atom is -0.383 e. The van der Waals surface area contributed by atoms with Crippen LogP contribution in [0.4, 0.5) is 5.82 Å². The lowest BCUT2D eigenvalue weighted by atomic mass is 9.87. The van der Waals surface area contributed by atoms with Crippen LogP contribution < -0.4 is 16.4 Å². The van der Waals surface area contributed by atoms with Crippen LogP contribution in [0, 0.1) is 5.41 Å². The summed E-state index contributed by atoms with van der Waals surface area (Å²) in [5, 5.41) is 37.8. The van der Waals surface area contributed by atoms with E-state index in [9.17, 15) is 58.2 Å². The number of anilines is 1. The Morgan fingerprint density at radius 2 is 1.76 bits per heavy atom. The van der Waals surface area contributed by atoms with Gasteiger partial charge in [-0.3, -0.25) is 27.7 Å². The lowest BCUT2D eigenvalue weighted by Gasteiger charge is -2.30. The van der Waals surface area contributed by atoms with E-state index in [1.807, 2.05) is 0 Å². The number of unbranched alkanes of at least 4 members (excludes halogenated alkanes) is 2. The van der Waals surface area contributed by atoms with Gasteiger partial charge in [0.1, 0.15) is 36.5 Å². The number of amides is 2. The van der Waals surface area contributed by atoms with E-state index in [1.54, 1.807) is 11.8 Å². The minimum absolute atomic E-state index is 0.0741. The average molecular weight is 854 g/mol. The zero-order valence-corrected chi connectivity index (χ0v) is 32.9. The number of nitrogens with zero attached hydrogens (tertiary/aromatic N) is 4. The van der Waals surface area contributed by atoms with Crippen LogP contribution in [0.5, 0.6) is 0 Å². The van der Waals surface area contributed by atoms with Crippen molar-refractivity contribution in [2.45, 2.75) is 76.8 Å². The lowest BCUT2D eigenvalue weighted by Crippen LogP contribution is -2.46. The number of phosphoric acid groups is 3. The highest BCUT2D eigenvalue weighted by Crippen LogP contribution is 2.61. The number of carbonyl (C=O) groups is 2. The highest BCUT2D eigenvalue weighted by Gasteiger charge is 2.59. The third-order valence-corrected chi connectivity index (χ3v) is 11.8. The molecule has 1 fully saturated rings. The molecule has 2 amide bonds. The van der Waals surface area contributed by atoms with Crippen molar-refractivity contribution >= 4 is 64.0 Å². The van der Waals surface area contributed by atoms with E-state index in [4.69, 9.17) is 15.0 Å². The van der Waals surface area contributed by atoms with E-state index >= 15 is 0 Å². The first-order valence-electron chi connectivity index (χ1n) is 16.2. The maximum Gasteiger partial charge on any atom is 0.481 e. The second-order valence-electron chi connectivity index (χ2n) is 12.6. The van der Waals surface area contributed by atoms with Crippen molar-refractivity contribution in [1.29, 1.82) is 0 Å². The number of rotatable bonds is 23. The Balaban J connectivity index is 1.54. The number of aliphatic hydroxyl groups is 3. The zero-order valence-electron chi connectivity index (χ0n) is 29.4. The van der Waals surface area contributed by atoms with E-state index in [2.05, 4.69) is 45.9 Å². The van der Waals surface area contributed by atoms with Crippen LogP contribution in [0.3, 0.4) is 0 Å². The lowest BCUT2D eigenvalue weighted by molar-refractivity contribution is -0.286. The molecule has 0 saturated carbocycles. The van der Waals surface area contributed by atoms with E-state index in [-0.39, 0.29) is 35.9 Å². The Hall–Kier alpha value is -2.15. The summed E-state index contributed by atoms with van der Waals surface area (Å²) in [5.41, 5.74) is 3.82. The number of carbonyl (C=O) groups excluding carboxylic acids is 2. The molecule has 2 unspecified atom stereocenters. The third kappa shape index (κ3) is 13.2. The van der Waals surface area contributed by atoms with Crippen LogP contribution in [-0.4, -0.2) is 128 Å². The summed E-state index contributed by atoms with van der Waals surface area (Å²) in [6.07, 6.45) is -3.26. The molecule has 0 aliphatic carbocycles. The number of hydrogen-bond donors (Lipinski definition) is 10. The van der Waals surface area contributed by atoms with Crippen LogP contribution >= 0.6 is 35.2 Å². The van der Waals surface area contributed by atoms with Gasteiger partial charge < -0.3 is 56.0 Å². The standard InChI is InChI=1S/C26H46N7O17P3S/c1-4-5-6-10-54-11-9-28-17(34)7-8-29-24(37)21(36)25(2,3)13-47-53(44,45)50-52(42,43)46-12-16-19(49-51(39,40)41)20(35)26(38,48-16)33-15-32-18-22(27)30-14-31-23(18)33/h14-16,19-21,35-36,38H,4-13H2,1-3H3,(H,28,34)(H,29,37)(H,42,43)(H,44,45)(H2,27,30,31)(H2,39,40,41)/t16-,19-,20-,21+,26-/m1/s1. The highest BCUT2D eigenvalue weighted by molar-refractivity contribution is 7.99. The van der Waals surface area contributed by atoms with Crippen molar-refractivity contribution in [3.05, 3.63) is 12.7 Å². The molecule has 0 spiro atoms. The molecule has 308 valence electrons. The fraction of sp³-hybridized carbons (Fsp3) is 0.731. The van der Waals surface area contributed by atoms with Gasteiger partial charge in [-0.1, -0.05) is 33.6 Å². The van der Waals surface area contributed by atoms with Crippen LogP contribution in [0.2, 0.25) is 0 Å². The summed E-state index contributed by atoms with van der Waals surface area (Å²) in [6, 6.07) is 0. The summed E-state index contributed by atoms with van der Waals surface area (Å²) in [7, 11) is -16.6. The van der Waals surface area contributed by atoms with Gasteiger partial charge in [0.2, 0.25) is 11.8 Å². The molecule has 1 aliphatic rings. The largest absolute Gasteiger partial charge is 0.481 e. The summed E-state index contributed by atoms with van der Waals surface area (Å²) < 4.78 is 61.2. The van der Waals surface area contributed by atoms with Gasteiger partial charge in [-0.15, -0.1) is 0 Å². The topological polar surface area (TPSA) is 367 Å². The average Bonchev–Trinajstić information content (AvgIpc) is 3.61. The molecule has 54 heavy (non-hydrogen) atoms. The van der Waals surface area contributed by atoms with Crippen molar-refractivity contribution in [3.8, 4) is 0 Å². The van der Waals surface area contributed by atoms with Gasteiger partial charge in [-0.2, -0.15) is 16.1 Å². The van der Waals surface area contributed by atoms with E-state index < -0.39 is 78.3 Å². The fourth-order valence-corrected chi connectivity index (χ4v) is 8.48. The number of phosphoric ester groups is 3. The summed E-state index contributed by atoms with van der Waals surface area (Å²) >= 11 is 1.72. The summed E-state index contributed by atoms with van der Waals surface area (Å²) in [6.45, 7) is 2.77. The van der Waals surface area contributed by atoms with Gasteiger partial charge in [-0.05, 0) is 12.2 Å². The zero-order chi connectivity index (χ0) is 40.5. The molecule has 2 aromatic rings. The summed E-state index contributed by atoms with van der Waals surface area (Å²) in [5.74, 6) is -2.65. The molecule has 0 bridgehead atoms. The number of hydrogen-bond acceptors (Lipinski definition) is 18. The molecular formula is C26H46N7O17P3S. The van der Waals surface area contributed by atoms with Gasteiger partial charge in [-0.25, -0.2) is 28.6 Å². The van der Waals surface area contributed by atoms with Gasteiger partial charge in [0.15, 0.2) is 17.6 Å². The number of ether oxygens (including phenoxy) is 1. The Morgan fingerprint density at radius 1 is 1.07 bits per heavy atom. The minimum atomic E-state index is -5.65. The first-order chi connectivity index (χ1) is 25.0. The molecule has 24 nitrogen and oxygen atoms in total. The second-order valence-corrected chi connectivity index (χ2v) is 18.0. The Labute approximate surface area is 313 Å². The molecular weight excluding hydrogens is 807 g/mol. The molecule has 3 rings (SSSR count). The molecule has 11 N–H and O–H groups in total. The van der Waals surface area contributed by atoms with Crippen molar-refractivity contribution in [2.75, 3.05) is 43.5 Å². The quantitative estimate of drug-likeness (QED) is 0.0494. The van der Waals surface area contributed by atoms with Gasteiger partial charge >= 0.3 is 23.5 Å². The first kappa shape index (κ1) is 46.2. The van der Waals surface area contributed by atoms with Crippen LogP contribution in [0.1, 0.15) is 46.5 Å². The Bertz CT molecular complexity index is 1730. The smallest absolute Gasteiger partial charge is 0.383 e. The van der Waals surface area contributed by atoms with E-state index in [0.29, 0.717) is 11.1 Å². The number of aliphatic hydroxyl groups excluding tert-OH is 2. The van der Waals surface area contributed by atoms with E-state index in [1.165, 1.54) is 13.8 Å². The number of aromatic nitrogens is 4. The second kappa shape index (κ2) is 19.3. The summed E-state index contributed by atoms with van der Waals surface area (Å²) in [4.78, 5) is 75.2. The van der Waals surface area contributed by atoms with Crippen molar-refractivity contribution in [1.82, 2.24) is 30.2 Å². The molecule has 1 aliphatic heterocycles. The first-order valence-corrected chi connectivity index (χ1v) is 21.9. The predicted octanol–water partition coefficient (Wildman–Crippen LogP) is -0.568. The number of thioether (sulfide) groups is 1.